The lowest BCUT2D eigenvalue weighted by Gasteiger charge is -2.51. The number of carboxylic acids is 2. The lowest BCUT2D eigenvalue weighted by molar-refractivity contribution is -0.192. The Balaban J connectivity index is 1.81. The molecule has 3 fully saturated rings. The molecule has 0 radical (unpaired) electrons. The normalized spacial score (nSPS) is 35.7. The van der Waals surface area contributed by atoms with Crippen LogP contribution in [0.2, 0.25) is 0 Å². The van der Waals surface area contributed by atoms with Gasteiger partial charge in [-0.05, 0) is 31.6 Å². The third-order valence-electron chi connectivity index (χ3n) is 8.01. The second-order valence-corrected chi connectivity index (χ2v) is 10.1. The van der Waals surface area contributed by atoms with E-state index in [9.17, 15) is 19.8 Å². The number of carboxylic acid groups (broad SMARTS) is 2. The van der Waals surface area contributed by atoms with Gasteiger partial charge in [0.2, 0.25) is 0 Å². The van der Waals surface area contributed by atoms with Crippen molar-refractivity contribution >= 4 is 11.9 Å². The zero-order valence-electron chi connectivity index (χ0n) is 21.6. The van der Waals surface area contributed by atoms with Crippen molar-refractivity contribution in [2.45, 2.75) is 50.3 Å². The van der Waals surface area contributed by atoms with E-state index in [2.05, 4.69) is 0 Å². The van der Waals surface area contributed by atoms with E-state index in [1.807, 2.05) is 0 Å². The predicted molar refractivity (Wildman–Crippen MR) is 131 cm³/mol. The molecule has 0 aromatic carbocycles. The van der Waals surface area contributed by atoms with Gasteiger partial charge >= 0.3 is 11.9 Å². The van der Waals surface area contributed by atoms with Crippen LogP contribution in [-0.4, -0.2) is 113 Å². The minimum atomic E-state index is -1.88. The molecule has 0 aromatic heterocycles. The maximum atomic E-state index is 12.2. The van der Waals surface area contributed by atoms with Gasteiger partial charge in [0.25, 0.3) is 0 Å². The zero-order chi connectivity index (χ0) is 26.7. The van der Waals surface area contributed by atoms with E-state index in [1.54, 1.807) is 0 Å². The van der Waals surface area contributed by atoms with Gasteiger partial charge in [-0.2, -0.15) is 0 Å². The summed E-state index contributed by atoms with van der Waals surface area (Å²) in [5.41, 5.74) is 11.0. The average molecular weight is 533 g/mol. The first-order chi connectivity index (χ1) is 17.9. The van der Waals surface area contributed by atoms with Crippen LogP contribution in [-0.2, 0) is 38.0 Å². The summed E-state index contributed by atoms with van der Waals surface area (Å²) in [5, 5.41) is 20.0. The molecule has 3 aliphatic rings. The van der Waals surface area contributed by atoms with E-state index in [1.165, 1.54) is 0 Å². The molecule has 1 saturated heterocycles. The fourth-order valence-electron chi connectivity index (χ4n) is 5.82. The molecule has 0 bridgehead atoms. The summed E-state index contributed by atoms with van der Waals surface area (Å²) in [7, 11) is 0. The number of aliphatic carboxylic acids is 2. The summed E-state index contributed by atoms with van der Waals surface area (Å²) < 4.78 is 34.5. The van der Waals surface area contributed by atoms with Crippen LogP contribution in [0.4, 0.5) is 0 Å². The van der Waals surface area contributed by atoms with Gasteiger partial charge < -0.3 is 50.1 Å². The molecule has 3 rings (SSSR count). The SMILES string of the molecule is N[C@H]1[C@H](N)CCC[C@@H]1C1OCCOCCOCCOCCOCCOCC1C1CCC1(C(=O)O)C(=O)O. The number of hydrogen-bond donors (Lipinski definition) is 4. The standard InChI is InChI=1S/C25H44N2O10/c26-20-3-1-2-17(21(20)27)22-18(19-4-5-25(19,23(28)29)24(30)31)16-36-13-12-34-9-8-32-6-7-33-10-11-35-14-15-37-22/h17-22H,1-16,26-27H2,(H,28,29)(H,30,31)/t17-,18?,19?,20+,21+,22?/m0/s1. The maximum Gasteiger partial charge on any atom is 0.321 e. The fraction of sp³-hybridized carbons (Fsp3) is 0.920. The highest BCUT2D eigenvalue weighted by Gasteiger charge is 2.63. The summed E-state index contributed by atoms with van der Waals surface area (Å²) in [6.45, 7) is 3.84. The zero-order valence-corrected chi connectivity index (χ0v) is 21.6. The molecule has 0 amide bonds. The molecule has 2 saturated carbocycles. The van der Waals surface area contributed by atoms with Gasteiger partial charge in [0, 0.05) is 23.9 Å². The van der Waals surface area contributed by atoms with Crippen LogP contribution >= 0.6 is 0 Å². The lowest BCUT2D eigenvalue weighted by Crippen LogP contribution is -2.61. The highest BCUT2D eigenvalue weighted by atomic mass is 16.6. The maximum absolute atomic E-state index is 12.2. The third kappa shape index (κ3) is 7.82. The summed E-state index contributed by atoms with van der Waals surface area (Å²) in [6, 6.07) is -0.570. The Kier molecular flexibility index (Phi) is 12.5. The van der Waals surface area contributed by atoms with Crippen molar-refractivity contribution < 1.29 is 48.2 Å². The lowest BCUT2D eigenvalue weighted by atomic mass is 9.53. The van der Waals surface area contributed by atoms with Crippen molar-refractivity contribution in [1.82, 2.24) is 0 Å². The first-order valence-corrected chi connectivity index (χ1v) is 13.4. The van der Waals surface area contributed by atoms with E-state index in [-0.39, 0.29) is 44.2 Å². The van der Waals surface area contributed by atoms with Gasteiger partial charge in [0.15, 0.2) is 5.41 Å². The van der Waals surface area contributed by atoms with Crippen LogP contribution in [0, 0.1) is 23.2 Å². The highest BCUT2D eigenvalue weighted by molar-refractivity contribution is 5.99. The molecule has 1 aliphatic heterocycles. The smallest absolute Gasteiger partial charge is 0.321 e. The van der Waals surface area contributed by atoms with Gasteiger partial charge in [0.1, 0.15) is 0 Å². The Morgan fingerprint density at radius 3 is 1.68 bits per heavy atom. The molecule has 0 spiro atoms. The van der Waals surface area contributed by atoms with Crippen molar-refractivity contribution in [3.05, 3.63) is 0 Å². The first-order valence-electron chi connectivity index (χ1n) is 13.4. The van der Waals surface area contributed by atoms with Crippen molar-refractivity contribution in [2.75, 3.05) is 72.7 Å². The molecule has 6 N–H and O–H groups in total. The van der Waals surface area contributed by atoms with E-state index < -0.39 is 35.3 Å². The number of nitrogens with two attached hydrogens (primary N) is 2. The summed E-state index contributed by atoms with van der Waals surface area (Å²) >= 11 is 0. The highest BCUT2D eigenvalue weighted by Crippen LogP contribution is 2.53. The van der Waals surface area contributed by atoms with Crippen molar-refractivity contribution in [1.29, 1.82) is 0 Å². The second kappa shape index (κ2) is 15.3. The molecule has 214 valence electrons. The number of carbonyl (C=O) groups is 2. The molecule has 2 aliphatic carbocycles. The summed E-state index contributed by atoms with van der Waals surface area (Å²) in [6.07, 6.45) is 2.41. The van der Waals surface area contributed by atoms with Crippen LogP contribution in [0.1, 0.15) is 32.1 Å². The van der Waals surface area contributed by atoms with Crippen LogP contribution in [0.15, 0.2) is 0 Å². The first kappa shape index (κ1) is 30.2. The molecular formula is C25H44N2O10. The molecule has 0 aromatic rings. The van der Waals surface area contributed by atoms with Crippen LogP contribution in [0.25, 0.3) is 0 Å². The van der Waals surface area contributed by atoms with Crippen LogP contribution in [0.5, 0.6) is 0 Å². The molecule has 1 heterocycles. The Hall–Kier alpha value is -1.38. The largest absolute Gasteiger partial charge is 0.480 e. The van der Waals surface area contributed by atoms with Crippen LogP contribution in [0.3, 0.4) is 0 Å². The van der Waals surface area contributed by atoms with Crippen LogP contribution < -0.4 is 11.5 Å². The quantitative estimate of drug-likeness (QED) is 0.359. The molecule has 6 atom stereocenters. The van der Waals surface area contributed by atoms with Gasteiger partial charge in [-0.25, -0.2) is 0 Å². The van der Waals surface area contributed by atoms with Crippen molar-refractivity contribution in [2.24, 2.45) is 34.6 Å². The van der Waals surface area contributed by atoms with E-state index in [4.69, 9.17) is 39.9 Å². The third-order valence-corrected chi connectivity index (χ3v) is 8.01. The topological polar surface area (TPSA) is 182 Å². The predicted octanol–water partition coefficient (Wildman–Crippen LogP) is 0.105. The average Bonchev–Trinajstić information content (AvgIpc) is 2.83. The molecule has 37 heavy (non-hydrogen) atoms. The summed E-state index contributed by atoms with van der Waals surface area (Å²) in [4.78, 5) is 24.5. The molecule has 12 nitrogen and oxygen atoms in total. The molecule has 3 unspecified atom stereocenters. The number of ether oxygens (including phenoxy) is 6. The molecular weight excluding hydrogens is 488 g/mol. The van der Waals surface area contributed by atoms with Gasteiger partial charge in [-0.15, -0.1) is 0 Å². The monoisotopic (exact) mass is 532 g/mol. The van der Waals surface area contributed by atoms with E-state index >= 15 is 0 Å². The minimum absolute atomic E-state index is 0.0635. The second-order valence-electron chi connectivity index (χ2n) is 10.1. The van der Waals surface area contributed by atoms with Gasteiger partial charge in [-0.1, -0.05) is 6.42 Å². The van der Waals surface area contributed by atoms with E-state index in [0.29, 0.717) is 59.3 Å². The number of hydrogen-bond acceptors (Lipinski definition) is 10. The van der Waals surface area contributed by atoms with Gasteiger partial charge in [-0.3, -0.25) is 9.59 Å². The minimum Gasteiger partial charge on any atom is -0.480 e. The summed E-state index contributed by atoms with van der Waals surface area (Å²) in [5.74, 6) is -4.00. The van der Waals surface area contributed by atoms with E-state index in [0.717, 1.165) is 19.3 Å². The Bertz CT molecular complexity index is 697. The number of rotatable bonds is 4. The Labute approximate surface area is 218 Å². The Morgan fingerprint density at radius 2 is 1.19 bits per heavy atom. The molecule has 12 heteroatoms. The van der Waals surface area contributed by atoms with Gasteiger partial charge in [0.05, 0.1) is 78.8 Å². The van der Waals surface area contributed by atoms with Crippen molar-refractivity contribution in [3.63, 3.8) is 0 Å². The fourth-order valence-corrected chi connectivity index (χ4v) is 5.82. The Morgan fingerprint density at radius 1 is 0.676 bits per heavy atom. The van der Waals surface area contributed by atoms with Crippen molar-refractivity contribution in [3.8, 4) is 0 Å².